The summed E-state index contributed by atoms with van der Waals surface area (Å²) < 4.78 is 10.5. The van der Waals surface area contributed by atoms with E-state index in [0.717, 1.165) is 6.54 Å². The largest absolute Gasteiger partial charge is 0.478 e. The van der Waals surface area contributed by atoms with E-state index in [9.17, 15) is 4.79 Å². The summed E-state index contributed by atoms with van der Waals surface area (Å²) in [5.74, 6) is -0.529. The minimum absolute atomic E-state index is 0.205. The number of carbonyl (C=O) groups is 1. The third-order valence-electron chi connectivity index (χ3n) is 2.37. The third kappa shape index (κ3) is 5.31. The summed E-state index contributed by atoms with van der Waals surface area (Å²) in [7, 11) is 3.98. The van der Waals surface area contributed by atoms with E-state index in [0.29, 0.717) is 32.1 Å². The Labute approximate surface area is 107 Å². The lowest BCUT2D eigenvalue weighted by molar-refractivity contribution is 0.0694. The smallest absolute Gasteiger partial charge is 0.339 e. The Hall–Kier alpha value is -1.37. The highest BCUT2D eigenvalue weighted by Crippen LogP contribution is 2.09. The summed E-state index contributed by atoms with van der Waals surface area (Å²) in [6.07, 6.45) is 1.38. The van der Waals surface area contributed by atoms with Crippen LogP contribution in [0.2, 0.25) is 0 Å². The van der Waals surface area contributed by atoms with Crippen LogP contribution in [0, 0.1) is 0 Å². The van der Waals surface area contributed by atoms with Crippen LogP contribution in [0.1, 0.15) is 16.1 Å². The molecule has 0 saturated carbocycles. The molecule has 102 valence electrons. The molecule has 0 unspecified atom stereocenters. The standard InChI is InChI=1S/C12H20N2O4/c1-14(2)5-8-17-7-4-13-9-11-10(12(15)16)3-6-18-11/h3,6,13H,4-5,7-9H2,1-2H3,(H,15,16). The summed E-state index contributed by atoms with van der Waals surface area (Å²) in [6, 6.07) is 1.45. The molecule has 1 rings (SSSR count). The molecule has 0 aliphatic carbocycles. The van der Waals surface area contributed by atoms with Crippen molar-refractivity contribution in [2.45, 2.75) is 6.54 Å². The monoisotopic (exact) mass is 256 g/mol. The molecule has 0 amide bonds. The van der Waals surface area contributed by atoms with Crippen LogP contribution >= 0.6 is 0 Å². The Balaban J connectivity index is 2.11. The van der Waals surface area contributed by atoms with E-state index >= 15 is 0 Å². The zero-order valence-corrected chi connectivity index (χ0v) is 10.8. The molecule has 0 radical (unpaired) electrons. The van der Waals surface area contributed by atoms with Crippen molar-refractivity contribution in [2.75, 3.05) is 40.4 Å². The highest BCUT2D eigenvalue weighted by atomic mass is 16.5. The number of aromatic carboxylic acids is 1. The van der Waals surface area contributed by atoms with Gasteiger partial charge in [-0.15, -0.1) is 0 Å². The molecular formula is C12H20N2O4. The van der Waals surface area contributed by atoms with Crippen molar-refractivity contribution in [1.29, 1.82) is 0 Å². The second-order valence-corrected chi connectivity index (χ2v) is 4.16. The number of nitrogens with one attached hydrogen (secondary N) is 1. The Kier molecular flexibility index (Phi) is 6.42. The molecule has 0 aliphatic rings. The molecule has 18 heavy (non-hydrogen) atoms. The molecule has 0 atom stereocenters. The minimum Gasteiger partial charge on any atom is -0.478 e. The highest BCUT2D eigenvalue weighted by Gasteiger charge is 2.12. The zero-order chi connectivity index (χ0) is 13.4. The maximum absolute atomic E-state index is 10.8. The molecule has 1 aromatic rings. The van der Waals surface area contributed by atoms with Crippen LogP contribution in [-0.2, 0) is 11.3 Å². The molecule has 0 aromatic carbocycles. The van der Waals surface area contributed by atoms with Crippen LogP contribution in [0.4, 0.5) is 0 Å². The van der Waals surface area contributed by atoms with Gasteiger partial charge in [0.1, 0.15) is 11.3 Å². The van der Waals surface area contributed by atoms with Crippen molar-refractivity contribution in [2.24, 2.45) is 0 Å². The zero-order valence-electron chi connectivity index (χ0n) is 10.8. The number of rotatable bonds is 9. The van der Waals surface area contributed by atoms with E-state index in [1.54, 1.807) is 0 Å². The third-order valence-corrected chi connectivity index (χ3v) is 2.37. The Morgan fingerprint density at radius 1 is 1.50 bits per heavy atom. The van der Waals surface area contributed by atoms with Crippen LogP contribution < -0.4 is 5.32 Å². The first-order chi connectivity index (χ1) is 8.61. The van der Waals surface area contributed by atoms with Crippen molar-refractivity contribution >= 4 is 5.97 Å². The Bertz CT molecular complexity index is 363. The number of hydrogen-bond donors (Lipinski definition) is 2. The van der Waals surface area contributed by atoms with Crippen molar-refractivity contribution in [1.82, 2.24) is 10.2 Å². The number of hydrogen-bond acceptors (Lipinski definition) is 5. The fourth-order valence-corrected chi connectivity index (χ4v) is 1.36. The van der Waals surface area contributed by atoms with E-state index in [4.69, 9.17) is 14.3 Å². The summed E-state index contributed by atoms with van der Waals surface area (Å²) in [5.41, 5.74) is 0.205. The Morgan fingerprint density at radius 2 is 2.28 bits per heavy atom. The van der Waals surface area contributed by atoms with Gasteiger partial charge in [0.25, 0.3) is 0 Å². The Morgan fingerprint density at radius 3 is 2.94 bits per heavy atom. The molecule has 1 aromatic heterocycles. The van der Waals surface area contributed by atoms with E-state index < -0.39 is 5.97 Å². The van der Waals surface area contributed by atoms with Crippen molar-refractivity contribution in [3.05, 3.63) is 23.7 Å². The van der Waals surface area contributed by atoms with Crippen LogP contribution in [0.15, 0.2) is 16.7 Å². The molecule has 0 fully saturated rings. The van der Waals surface area contributed by atoms with Gasteiger partial charge in [0, 0.05) is 13.1 Å². The number of furan rings is 1. The second kappa shape index (κ2) is 7.86. The van der Waals surface area contributed by atoms with Gasteiger partial charge in [0.2, 0.25) is 0 Å². The fourth-order valence-electron chi connectivity index (χ4n) is 1.36. The number of ether oxygens (including phenoxy) is 1. The lowest BCUT2D eigenvalue weighted by atomic mass is 10.2. The lowest BCUT2D eigenvalue weighted by Crippen LogP contribution is -2.23. The van der Waals surface area contributed by atoms with Gasteiger partial charge in [0.15, 0.2) is 0 Å². The van der Waals surface area contributed by atoms with Crippen LogP contribution in [0.3, 0.4) is 0 Å². The lowest BCUT2D eigenvalue weighted by Gasteiger charge is -2.10. The summed E-state index contributed by atoms with van der Waals surface area (Å²) in [4.78, 5) is 12.9. The SMILES string of the molecule is CN(C)CCOCCNCc1occc1C(=O)O. The van der Waals surface area contributed by atoms with Gasteiger partial charge in [-0.2, -0.15) is 0 Å². The number of likely N-dealkylation sites (N-methyl/N-ethyl adjacent to an activating group) is 1. The van der Waals surface area contributed by atoms with Gasteiger partial charge in [-0.05, 0) is 20.2 Å². The molecule has 1 heterocycles. The van der Waals surface area contributed by atoms with E-state index in [2.05, 4.69) is 10.2 Å². The average molecular weight is 256 g/mol. The number of carboxylic acids is 1. The first kappa shape index (κ1) is 14.7. The molecule has 6 heteroatoms. The summed E-state index contributed by atoms with van der Waals surface area (Å²) >= 11 is 0. The maximum Gasteiger partial charge on any atom is 0.339 e. The van der Waals surface area contributed by atoms with E-state index in [1.807, 2.05) is 14.1 Å². The number of nitrogens with zero attached hydrogens (tertiary/aromatic N) is 1. The minimum atomic E-state index is -0.970. The van der Waals surface area contributed by atoms with Crippen molar-refractivity contribution < 1.29 is 19.1 Å². The molecular weight excluding hydrogens is 236 g/mol. The van der Waals surface area contributed by atoms with Crippen molar-refractivity contribution in [3.63, 3.8) is 0 Å². The molecule has 0 aliphatic heterocycles. The molecule has 0 spiro atoms. The molecule has 6 nitrogen and oxygen atoms in total. The quantitative estimate of drug-likeness (QED) is 0.632. The van der Waals surface area contributed by atoms with Gasteiger partial charge in [0.05, 0.1) is 26.0 Å². The highest BCUT2D eigenvalue weighted by molar-refractivity contribution is 5.88. The van der Waals surface area contributed by atoms with Crippen LogP contribution in [0.5, 0.6) is 0 Å². The van der Waals surface area contributed by atoms with Gasteiger partial charge in [-0.3, -0.25) is 0 Å². The summed E-state index contributed by atoms with van der Waals surface area (Å²) in [5, 5.41) is 11.9. The fraction of sp³-hybridized carbons (Fsp3) is 0.583. The summed E-state index contributed by atoms with van der Waals surface area (Å²) in [6.45, 7) is 3.23. The van der Waals surface area contributed by atoms with Gasteiger partial charge >= 0.3 is 5.97 Å². The average Bonchev–Trinajstić information content (AvgIpc) is 2.75. The topological polar surface area (TPSA) is 74.9 Å². The predicted molar refractivity (Wildman–Crippen MR) is 66.7 cm³/mol. The molecule has 0 saturated heterocycles. The first-order valence-corrected chi connectivity index (χ1v) is 5.84. The molecule has 0 bridgehead atoms. The maximum atomic E-state index is 10.8. The van der Waals surface area contributed by atoms with Crippen molar-refractivity contribution in [3.8, 4) is 0 Å². The molecule has 2 N–H and O–H groups in total. The second-order valence-electron chi connectivity index (χ2n) is 4.16. The van der Waals surface area contributed by atoms with E-state index in [1.165, 1.54) is 12.3 Å². The van der Waals surface area contributed by atoms with Crippen LogP contribution in [0.25, 0.3) is 0 Å². The normalized spacial score (nSPS) is 11.1. The number of carboxylic acid groups (broad SMARTS) is 1. The van der Waals surface area contributed by atoms with Gasteiger partial charge in [-0.1, -0.05) is 0 Å². The van der Waals surface area contributed by atoms with E-state index in [-0.39, 0.29) is 5.56 Å². The van der Waals surface area contributed by atoms with Gasteiger partial charge in [-0.25, -0.2) is 4.79 Å². The van der Waals surface area contributed by atoms with Crippen LogP contribution in [-0.4, -0.2) is 56.4 Å². The first-order valence-electron chi connectivity index (χ1n) is 5.84. The van der Waals surface area contributed by atoms with Gasteiger partial charge < -0.3 is 24.5 Å². The predicted octanol–water partition coefficient (Wildman–Crippen LogP) is 0.646.